The average molecular weight is 407 g/mol. The molecule has 4 rings (SSSR count). The van der Waals surface area contributed by atoms with Gasteiger partial charge >= 0.3 is 5.69 Å². The molecule has 0 fully saturated rings. The minimum Gasteiger partial charge on any atom is -0.490 e. The summed E-state index contributed by atoms with van der Waals surface area (Å²) in [5, 5.41) is 13.8. The SMILES string of the molecule is COc1ccc(C(=O)Nc2ccc3oc(-c4cccc(F)c4)nc3c2)cc1[N+](=O)[O-]. The normalized spacial score (nSPS) is 10.7. The number of carbonyl (C=O) groups excluding carboxylic acids is 1. The summed E-state index contributed by atoms with van der Waals surface area (Å²) >= 11 is 0. The van der Waals surface area contributed by atoms with E-state index in [1.165, 1.54) is 31.4 Å². The highest BCUT2D eigenvalue weighted by Crippen LogP contribution is 2.29. The first-order chi connectivity index (χ1) is 14.4. The van der Waals surface area contributed by atoms with Gasteiger partial charge in [-0.25, -0.2) is 9.37 Å². The first-order valence-corrected chi connectivity index (χ1v) is 8.75. The number of amides is 1. The van der Waals surface area contributed by atoms with Gasteiger partial charge in [-0.15, -0.1) is 0 Å². The van der Waals surface area contributed by atoms with Gasteiger partial charge in [0.25, 0.3) is 5.91 Å². The van der Waals surface area contributed by atoms with Crippen molar-refractivity contribution in [2.24, 2.45) is 0 Å². The number of hydrogen-bond donors (Lipinski definition) is 1. The minimum absolute atomic E-state index is 0.0606. The summed E-state index contributed by atoms with van der Waals surface area (Å²) in [6.07, 6.45) is 0. The number of carbonyl (C=O) groups is 1. The standard InChI is InChI=1S/C21H14FN3O5/c1-29-19-7-5-12(10-17(19)25(27)28)20(26)23-15-6-8-18-16(11-15)24-21(30-18)13-3-2-4-14(22)9-13/h2-11H,1H3,(H,23,26). The van der Waals surface area contributed by atoms with Crippen LogP contribution in [0.4, 0.5) is 15.8 Å². The fourth-order valence-corrected chi connectivity index (χ4v) is 2.93. The topological polar surface area (TPSA) is 108 Å². The van der Waals surface area contributed by atoms with Gasteiger partial charge in [0.2, 0.25) is 5.89 Å². The van der Waals surface area contributed by atoms with Crippen LogP contribution in [-0.2, 0) is 0 Å². The van der Waals surface area contributed by atoms with Crippen LogP contribution in [0.1, 0.15) is 10.4 Å². The number of aromatic nitrogens is 1. The summed E-state index contributed by atoms with van der Waals surface area (Å²) in [4.78, 5) is 27.4. The molecule has 150 valence electrons. The summed E-state index contributed by atoms with van der Waals surface area (Å²) in [6.45, 7) is 0. The molecule has 3 aromatic carbocycles. The number of oxazole rings is 1. The number of nitrogens with one attached hydrogen (secondary N) is 1. The van der Waals surface area contributed by atoms with Gasteiger partial charge in [-0.2, -0.15) is 0 Å². The largest absolute Gasteiger partial charge is 0.490 e. The van der Waals surface area contributed by atoms with Gasteiger partial charge in [0.1, 0.15) is 11.3 Å². The fraction of sp³-hybridized carbons (Fsp3) is 0.0476. The maximum absolute atomic E-state index is 13.4. The molecule has 8 nitrogen and oxygen atoms in total. The number of benzene rings is 3. The predicted molar refractivity (Wildman–Crippen MR) is 107 cm³/mol. The highest BCUT2D eigenvalue weighted by Gasteiger charge is 2.18. The van der Waals surface area contributed by atoms with E-state index in [-0.39, 0.29) is 22.9 Å². The lowest BCUT2D eigenvalue weighted by molar-refractivity contribution is -0.385. The van der Waals surface area contributed by atoms with Crippen molar-refractivity contribution in [2.75, 3.05) is 12.4 Å². The number of rotatable bonds is 5. The van der Waals surface area contributed by atoms with Crippen molar-refractivity contribution in [1.82, 2.24) is 4.98 Å². The molecule has 1 N–H and O–H groups in total. The molecule has 0 unspecified atom stereocenters. The molecule has 0 aliphatic heterocycles. The summed E-state index contributed by atoms with van der Waals surface area (Å²) in [6, 6.07) is 14.6. The second-order valence-electron chi connectivity index (χ2n) is 6.31. The maximum Gasteiger partial charge on any atom is 0.311 e. The molecular formula is C21H14FN3O5. The van der Waals surface area contributed by atoms with Crippen molar-refractivity contribution in [2.45, 2.75) is 0 Å². The predicted octanol–water partition coefficient (Wildman–Crippen LogP) is 4.80. The average Bonchev–Trinajstić information content (AvgIpc) is 3.16. The Morgan fingerprint density at radius 1 is 1.17 bits per heavy atom. The van der Waals surface area contributed by atoms with Gasteiger partial charge in [0.15, 0.2) is 11.3 Å². The number of nitro groups is 1. The molecule has 0 aliphatic rings. The van der Waals surface area contributed by atoms with E-state index in [1.54, 1.807) is 30.3 Å². The van der Waals surface area contributed by atoms with Crippen LogP contribution in [0.25, 0.3) is 22.6 Å². The zero-order chi connectivity index (χ0) is 21.3. The summed E-state index contributed by atoms with van der Waals surface area (Å²) in [5.74, 6) is -0.630. The number of halogens is 1. The quantitative estimate of drug-likeness (QED) is 0.376. The van der Waals surface area contributed by atoms with E-state index in [0.717, 1.165) is 6.07 Å². The molecule has 0 saturated heterocycles. The Labute approximate surface area is 169 Å². The Hall–Kier alpha value is -4.27. The van der Waals surface area contributed by atoms with E-state index in [4.69, 9.17) is 9.15 Å². The number of nitro benzene ring substituents is 1. The lowest BCUT2D eigenvalue weighted by Gasteiger charge is -2.06. The first kappa shape index (κ1) is 19.1. The Morgan fingerprint density at radius 2 is 2.00 bits per heavy atom. The Morgan fingerprint density at radius 3 is 2.73 bits per heavy atom. The second kappa shape index (κ2) is 7.63. The number of anilines is 1. The van der Waals surface area contributed by atoms with Crippen molar-refractivity contribution in [3.05, 3.63) is 82.2 Å². The summed E-state index contributed by atoms with van der Waals surface area (Å²) < 4.78 is 24.0. The number of fused-ring (bicyclic) bond motifs is 1. The van der Waals surface area contributed by atoms with Crippen molar-refractivity contribution >= 4 is 28.4 Å². The molecule has 9 heteroatoms. The molecule has 4 aromatic rings. The molecule has 1 heterocycles. The lowest BCUT2D eigenvalue weighted by atomic mass is 10.1. The Kier molecular flexibility index (Phi) is 4.85. The third-order valence-electron chi connectivity index (χ3n) is 4.35. The van der Waals surface area contributed by atoms with Crippen molar-refractivity contribution in [3.8, 4) is 17.2 Å². The number of ether oxygens (including phenoxy) is 1. The minimum atomic E-state index is -0.620. The molecule has 0 bridgehead atoms. The van der Waals surface area contributed by atoms with Crippen LogP contribution in [0, 0.1) is 15.9 Å². The van der Waals surface area contributed by atoms with Gasteiger partial charge in [0, 0.05) is 22.9 Å². The van der Waals surface area contributed by atoms with Gasteiger partial charge in [-0.1, -0.05) is 6.07 Å². The van der Waals surface area contributed by atoms with Crippen LogP contribution in [0.5, 0.6) is 5.75 Å². The molecule has 0 radical (unpaired) electrons. The van der Waals surface area contributed by atoms with E-state index in [2.05, 4.69) is 10.3 Å². The van der Waals surface area contributed by atoms with Crippen LogP contribution in [0.3, 0.4) is 0 Å². The van der Waals surface area contributed by atoms with Crippen LogP contribution >= 0.6 is 0 Å². The van der Waals surface area contributed by atoms with Crippen LogP contribution in [-0.4, -0.2) is 22.9 Å². The number of methoxy groups -OCH3 is 1. The zero-order valence-electron chi connectivity index (χ0n) is 15.6. The van der Waals surface area contributed by atoms with Crippen molar-refractivity contribution in [1.29, 1.82) is 0 Å². The molecule has 0 spiro atoms. The maximum atomic E-state index is 13.4. The van der Waals surface area contributed by atoms with Gasteiger partial charge in [-0.05, 0) is 48.5 Å². The summed E-state index contributed by atoms with van der Waals surface area (Å²) in [5.41, 5.74) is 1.63. The molecule has 0 atom stereocenters. The molecule has 0 saturated carbocycles. The highest BCUT2D eigenvalue weighted by molar-refractivity contribution is 6.05. The third-order valence-corrected chi connectivity index (χ3v) is 4.35. The fourth-order valence-electron chi connectivity index (χ4n) is 2.93. The van der Waals surface area contributed by atoms with E-state index in [1.807, 2.05) is 0 Å². The molecule has 1 aromatic heterocycles. The van der Waals surface area contributed by atoms with Gasteiger partial charge in [-0.3, -0.25) is 14.9 Å². The van der Waals surface area contributed by atoms with Crippen molar-refractivity contribution < 1.29 is 23.3 Å². The summed E-state index contributed by atoms with van der Waals surface area (Å²) in [7, 11) is 1.31. The molecule has 30 heavy (non-hydrogen) atoms. The van der Waals surface area contributed by atoms with Crippen molar-refractivity contribution in [3.63, 3.8) is 0 Å². The molecular weight excluding hydrogens is 393 g/mol. The second-order valence-corrected chi connectivity index (χ2v) is 6.31. The highest BCUT2D eigenvalue weighted by atomic mass is 19.1. The van der Waals surface area contributed by atoms with Gasteiger partial charge < -0.3 is 14.5 Å². The zero-order valence-corrected chi connectivity index (χ0v) is 15.6. The van der Waals surface area contributed by atoms with Crippen LogP contribution in [0.15, 0.2) is 65.1 Å². The van der Waals surface area contributed by atoms with Crippen LogP contribution in [0.2, 0.25) is 0 Å². The Bertz CT molecular complexity index is 1280. The van der Waals surface area contributed by atoms with E-state index < -0.39 is 16.6 Å². The molecule has 0 aliphatic carbocycles. The molecule has 1 amide bonds. The number of nitrogens with zero attached hydrogens (tertiary/aromatic N) is 2. The first-order valence-electron chi connectivity index (χ1n) is 8.75. The third kappa shape index (κ3) is 3.68. The van der Waals surface area contributed by atoms with Crippen LogP contribution < -0.4 is 10.1 Å². The Balaban J connectivity index is 1.60. The van der Waals surface area contributed by atoms with E-state index in [0.29, 0.717) is 22.4 Å². The van der Waals surface area contributed by atoms with E-state index in [9.17, 15) is 19.3 Å². The monoisotopic (exact) mass is 407 g/mol. The lowest BCUT2D eigenvalue weighted by Crippen LogP contribution is -2.12. The van der Waals surface area contributed by atoms with E-state index >= 15 is 0 Å². The van der Waals surface area contributed by atoms with Gasteiger partial charge in [0.05, 0.1) is 12.0 Å². The number of hydrogen-bond acceptors (Lipinski definition) is 6. The smallest absolute Gasteiger partial charge is 0.311 e.